The molecule has 0 spiro atoms. The van der Waals surface area contributed by atoms with Gasteiger partial charge < -0.3 is 4.90 Å². The molecule has 0 saturated heterocycles. The Kier molecular flexibility index (Phi) is 3.09. The van der Waals surface area contributed by atoms with Crippen LogP contribution in [0.4, 0.5) is 0 Å². The quantitative estimate of drug-likeness (QED) is 0.707. The van der Waals surface area contributed by atoms with E-state index in [1.807, 2.05) is 7.05 Å². The van der Waals surface area contributed by atoms with Gasteiger partial charge in [-0.1, -0.05) is 28.1 Å². The average molecular weight is 214 g/mol. The smallest absolute Gasteiger partial charge is 0.0785 e. The lowest BCUT2D eigenvalue weighted by Gasteiger charge is -2.13. The van der Waals surface area contributed by atoms with Crippen LogP contribution < -0.4 is 4.90 Å². The highest BCUT2D eigenvalue weighted by Gasteiger charge is 1.93. The molecule has 0 radical (unpaired) electrons. The fraction of sp³-hybridized carbons (Fsp3) is 0.222. The summed E-state index contributed by atoms with van der Waals surface area (Å²) < 4.78 is 1.13. The Morgan fingerprint density at radius 2 is 1.91 bits per heavy atom. The zero-order valence-electron chi connectivity index (χ0n) is 6.60. The Hall–Kier alpha value is -0.340. The number of nitrogens with one attached hydrogen (secondary N) is 1. The van der Waals surface area contributed by atoms with Crippen molar-refractivity contribution in [1.29, 1.82) is 0 Å². The van der Waals surface area contributed by atoms with Gasteiger partial charge in [-0.15, -0.1) is 0 Å². The van der Waals surface area contributed by atoms with Gasteiger partial charge in [0.2, 0.25) is 0 Å². The first-order valence-corrected chi connectivity index (χ1v) is 4.36. The maximum atomic E-state index is 3.86. The Morgan fingerprint density at radius 1 is 1.36 bits per heavy atom. The number of hydrogen-bond acceptors (Lipinski definition) is 0. The fourth-order valence-corrected chi connectivity index (χ4v) is 1.22. The van der Waals surface area contributed by atoms with E-state index in [4.69, 9.17) is 0 Å². The highest BCUT2D eigenvalue weighted by atomic mass is 79.9. The van der Waals surface area contributed by atoms with Gasteiger partial charge in [-0.05, 0) is 12.1 Å². The lowest BCUT2D eigenvalue weighted by Crippen LogP contribution is -3.01. The predicted octanol–water partition coefficient (Wildman–Crippen LogP) is 1.26. The van der Waals surface area contributed by atoms with Crippen LogP contribution in [0.15, 0.2) is 28.7 Å². The van der Waals surface area contributed by atoms with Crippen LogP contribution in [0.3, 0.4) is 0 Å². The van der Waals surface area contributed by atoms with Crippen molar-refractivity contribution in [2.45, 2.75) is 6.54 Å². The third-order valence-corrected chi connectivity index (χ3v) is 1.95. The van der Waals surface area contributed by atoms with E-state index in [9.17, 15) is 0 Å². The van der Waals surface area contributed by atoms with Crippen LogP contribution in [-0.2, 0) is 6.54 Å². The summed E-state index contributed by atoms with van der Waals surface area (Å²) in [5.41, 5.74) is 1.32. The normalized spacial score (nSPS) is 13.0. The standard InChI is InChI=1S/C9H12BrN/c1-11(2)7-8-3-5-9(10)6-4-8/h3-6,11H,1,7H2,2H3. The lowest BCUT2D eigenvalue weighted by atomic mass is 10.2. The van der Waals surface area contributed by atoms with E-state index < -0.39 is 0 Å². The Balaban J connectivity index is 2.66. The number of halogens is 1. The van der Waals surface area contributed by atoms with Gasteiger partial charge in [0.15, 0.2) is 0 Å². The molecule has 1 unspecified atom stereocenters. The molecule has 0 amide bonds. The van der Waals surface area contributed by atoms with Gasteiger partial charge >= 0.3 is 0 Å². The summed E-state index contributed by atoms with van der Waals surface area (Å²) >= 11 is 3.39. The zero-order valence-corrected chi connectivity index (χ0v) is 8.19. The molecule has 11 heavy (non-hydrogen) atoms. The van der Waals surface area contributed by atoms with E-state index >= 15 is 0 Å². The van der Waals surface area contributed by atoms with Crippen molar-refractivity contribution in [3.05, 3.63) is 41.3 Å². The molecule has 1 aromatic carbocycles. The first-order chi connectivity index (χ1) is 5.18. The first kappa shape index (κ1) is 8.75. The second-order valence-electron chi connectivity index (χ2n) is 2.76. The molecule has 1 aromatic rings. The highest BCUT2D eigenvalue weighted by Crippen LogP contribution is 2.09. The van der Waals surface area contributed by atoms with Gasteiger partial charge in [-0.2, -0.15) is 7.05 Å². The molecule has 0 aliphatic carbocycles. The second kappa shape index (κ2) is 3.88. The van der Waals surface area contributed by atoms with Gasteiger partial charge in [0.05, 0.1) is 6.54 Å². The van der Waals surface area contributed by atoms with E-state index in [1.54, 1.807) is 0 Å². The minimum absolute atomic E-state index is 0.979. The minimum Gasteiger partial charge on any atom is -0.467 e. The summed E-state index contributed by atoms with van der Waals surface area (Å²) in [4.78, 5) is 1.20. The van der Waals surface area contributed by atoms with Crippen LogP contribution in [0.2, 0.25) is 0 Å². The van der Waals surface area contributed by atoms with Gasteiger partial charge in [-0.3, -0.25) is 0 Å². The van der Waals surface area contributed by atoms with Gasteiger partial charge in [0.1, 0.15) is 0 Å². The average Bonchev–Trinajstić information content (AvgIpc) is 1.93. The molecule has 0 aromatic heterocycles. The van der Waals surface area contributed by atoms with Crippen LogP contribution in [0.5, 0.6) is 0 Å². The van der Waals surface area contributed by atoms with Crippen LogP contribution in [0, 0.1) is 7.05 Å². The maximum Gasteiger partial charge on any atom is 0.0785 e. The molecule has 1 rings (SSSR count). The number of quaternary nitrogens is 1. The summed E-state index contributed by atoms with van der Waals surface area (Å²) in [5, 5.41) is 0. The SMILES string of the molecule is [CH2-][NH+](C)Cc1ccc(Br)cc1. The highest BCUT2D eigenvalue weighted by molar-refractivity contribution is 9.10. The van der Waals surface area contributed by atoms with Crippen molar-refractivity contribution in [3.63, 3.8) is 0 Å². The molecule has 0 fully saturated rings. The Morgan fingerprint density at radius 3 is 2.36 bits per heavy atom. The number of rotatable bonds is 2. The Bertz CT molecular complexity index is 216. The largest absolute Gasteiger partial charge is 0.467 e. The second-order valence-corrected chi connectivity index (χ2v) is 3.68. The molecule has 1 nitrogen and oxygen atoms in total. The Labute approximate surface area is 76.2 Å². The van der Waals surface area contributed by atoms with E-state index in [0.717, 1.165) is 11.0 Å². The van der Waals surface area contributed by atoms with Crippen molar-refractivity contribution in [3.8, 4) is 0 Å². The molecule has 2 heteroatoms. The van der Waals surface area contributed by atoms with Crippen LogP contribution in [-0.4, -0.2) is 7.05 Å². The van der Waals surface area contributed by atoms with Gasteiger partial charge in [0.25, 0.3) is 0 Å². The summed E-state index contributed by atoms with van der Waals surface area (Å²) in [6, 6.07) is 8.33. The van der Waals surface area contributed by atoms with Crippen molar-refractivity contribution in [2.75, 3.05) is 7.05 Å². The lowest BCUT2D eigenvalue weighted by molar-refractivity contribution is -0.846. The van der Waals surface area contributed by atoms with Gasteiger partial charge in [-0.25, -0.2) is 0 Å². The number of benzene rings is 1. The minimum atomic E-state index is 0.979. The molecular weight excluding hydrogens is 202 g/mol. The van der Waals surface area contributed by atoms with Crippen molar-refractivity contribution in [2.24, 2.45) is 0 Å². The van der Waals surface area contributed by atoms with Crippen LogP contribution in [0.1, 0.15) is 5.56 Å². The molecule has 0 saturated carbocycles. The molecule has 1 N–H and O–H groups in total. The summed E-state index contributed by atoms with van der Waals surface area (Å²) in [6.45, 7) is 0.979. The van der Waals surface area contributed by atoms with Crippen LogP contribution in [0.25, 0.3) is 0 Å². The zero-order chi connectivity index (χ0) is 8.27. The molecule has 1 atom stereocenters. The van der Waals surface area contributed by atoms with Crippen molar-refractivity contribution < 1.29 is 4.90 Å². The molecule has 0 aliphatic rings. The monoisotopic (exact) mass is 213 g/mol. The van der Waals surface area contributed by atoms with E-state index in [2.05, 4.69) is 47.2 Å². The molecule has 0 aliphatic heterocycles. The first-order valence-electron chi connectivity index (χ1n) is 3.57. The third kappa shape index (κ3) is 3.04. The molecular formula is C9H12BrN. The fourth-order valence-electron chi connectivity index (χ4n) is 0.951. The van der Waals surface area contributed by atoms with Gasteiger partial charge in [0, 0.05) is 17.1 Å². The van der Waals surface area contributed by atoms with E-state index in [-0.39, 0.29) is 0 Å². The summed E-state index contributed by atoms with van der Waals surface area (Å²) in [5.74, 6) is 0. The van der Waals surface area contributed by atoms with Crippen molar-refractivity contribution in [1.82, 2.24) is 0 Å². The summed E-state index contributed by atoms with van der Waals surface area (Å²) in [7, 11) is 5.90. The van der Waals surface area contributed by atoms with Crippen LogP contribution >= 0.6 is 15.9 Å². The topological polar surface area (TPSA) is 4.44 Å². The van der Waals surface area contributed by atoms with E-state index in [1.165, 1.54) is 10.5 Å². The third-order valence-electron chi connectivity index (χ3n) is 1.42. The predicted molar refractivity (Wildman–Crippen MR) is 50.1 cm³/mol. The summed E-state index contributed by atoms with van der Waals surface area (Å²) in [6.07, 6.45) is 0. The molecule has 0 heterocycles. The molecule has 0 bridgehead atoms. The van der Waals surface area contributed by atoms with Crippen molar-refractivity contribution >= 4 is 15.9 Å². The maximum absolute atomic E-state index is 3.86. The molecule has 60 valence electrons. The number of hydrogen-bond donors (Lipinski definition) is 1. The van der Waals surface area contributed by atoms with E-state index in [0.29, 0.717) is 0 Å².